The number of rotatable bonds is 5. The van der Waals surface area contributed by atoms with Gasteiger partial charge in [-0.3, -0.25) is 4.79 Å². The topological polar surface area (TPSA) is 38.3 Å². The van der Waals surface area contributed by atoms with E-state index in [2.05, 4.69) is 28.2 Å². The highest BCUT2D eigenvalue weighted by Crippen LogP contribution is 2.12. The summed E-state index contributed by atoms with van der Waals surface area (Å²) in [7, 11) is 1.61. The molecule has 1 aromatic carbocycles. The predicted octanol–water partition coefficient (Wildman–Crippen LogP) is 2.99. The molecule has 3 nitrogen and oxygen atoms in total. The molecule has 0 fully saturated rings. The monoisotopic (exact) mass is 299 g/mol. The van der Waals surface area contributed by atoms with Gasteiger partial charge in [0.05, 0.1) is 7.11 Å². The molecule has 0 aromatic heterocycles. The highest BCUT2D eigenvalue weighted by atomic mass is 79.9. The van der Waals surface area contributed by atoms with E-state index >= 15 is 0 Å². The number of hydrogen-bond acceptors (Lipinski definition) is 2. The van der Waals surface area contributed by atoms with Crippen LogP contribution in [-0.2, 0) is 0 Å². The van der Waals surface area contributed by atoms with Crippen molar-refractivity contribution in [1.29, 1.82) is 0 Å². The first-order valence-corrected chi connectivity index (χ1v) is 6.53. The second-order valence-electron chi connectivity index (χ2n) is 4.12. The van der Waals surface area contributed by atoms with Crippen LogP contribution in [0.3, 0.4) is 0 Å². The summed E-state index contributed by atoms with van der Waals surface area (Å²) < 4.78 is 5.04. The van der Waals surface area contributed by atoms with Gasteiger partial charge in [-0.2, -0.15) is 0 Å². The largest absolute Gasteiger partial charge is 0.497 e. The van der Waals surface area contributed by atoms with Gasteiger partial charge in [0.2, 0.25) is 0 Å². The molecule has 1 aromatic rings. The minimum Gasteiger partial charge on any atom is -0.497 e. The van der Waals surface area contributed by atoms with E-state index in [1.165, 1.54) is 0 Å². The number of carbonyl (C=O) groups is 1. The highest BCUT2D eigenvalue weighted by Gasteiger charge is 2.11. The van der Waals surface area contributed by atoms with Gasteiger partial charge in [0.25, 0.3) is 5.91 Å². The summed E-state index contributed by atoms with van der Waals surface area (Å²) in [6.07, 6.45) is 0.905. The Labute approximate surface area is 111 Å². The maximum Gasteiger partial charge on any atom is 0.251 e. The van der Waals surface area contributed by atoms with Crippen molar-refractivity contribution in [2.24, 2.45) is 0 Å². The molecule has 1 rings (SSSR count). The van der Waals surface area contributed by atoms with E-state index in [9.17, 15) is 4.79 Å². The van der Waals surface area contributed by atoms with Crippen molar-refractivity contribution >= 4 is 21.8 Å². The Morgan fingerprint density at radius 1 is 1.35 bits per heavy atom. The standard InChI is InChI=1S/C13H18BrNO2/c1-9(14)8-10(2)15-13(16)11-4-6-12(17-3)7-5-11/h4-7,9-10H,8H2,1-3H3,(H,15,16). The van der Waals surface area contributed by atoms with Gasteiger partial charge in [-0.15, -0.1) is 0 Å². The smallest absolute Gasteiger partial charge is 0.251 e. The summed E-state index contributed by atoms with van der Waals surface area (Å²) in [5.41, 5.74) is 0.653. The normalized spacial score (nSPS) is 13.9. The van der Waals surface area contributed by atoms with Crippen molar-refractivity contribution in [2.75, 3.05) is 7.11 Å². The number of alkyl halides is 1. The number of nitrogens with one attached hydrogen (secondary N) is 1. The van der Waals surface area contributed by atoms with Crippen LogP contribution in [0.2, 0.25) is 0 Å². The second-order valence-corrected chi connectivity index (χ2v) is 5.68. The molecule has 0 saturated heterocycles. The Bertz CT molecular complexity index is 362. The third-order valence-electron chi connectivity index (χ3n) is 2.41. The van der Waals surface area contributed by atoms with E-state index in [-0.39, 0.29) is 11.9 Å². The van der Waals surface area contributed by atoms with E-state index in [1.807, 2.05) is 6.92 Å². The van der Waals surface area contributed by atoms with Crippen molar-refractivity contribution < 1.29 is 9.53 Å². The fraction of sp³-hybridized carbons (Fsp3) is 0.462. The first-order chi connectivity index (χ1) is 8.02. The number of hydrogen-bond donors (Lipinski definition) is 1. The summed E-state index contributed by atoms with van der Waals surface area (Å²) in [4.78, 5) is 12.3. The van der Waals surface area contributed by atoms with Gasteiger partial charge in [0.1, 0.15) is 5.75 Å². The van der Waals surface area contributed by atoms with Gasteiger partial charge in [-0.05, 0) is 37.6 Å². The fourth-order valence-electron chi connectivity index (χ4n) is 1.60. The quantitative estimate of drug-likeness (QED) is 0.849. The molecule has 2 unspecified atom stereocenters. The lowest BCUT2D eigenvalue weighted by molar-refractivity contribution is 0.0938. The molecule has 0 aliphatic heterocycles. The zero-order valence-corrected chi connectivity index (χ0v) is 12.0. The SMILES string of the molecule is COc1ccc(C(=O)NC(C)CC(C)Br)cc1. The van der Waals surface area contributed by atoms with Crippen LogP contribution in [0.5, 0.6) is 5.75 Å². The lowest BCUT2D eigenvalue weighted by Gasteiger charge is -2.15. The summed E-state index contributed by atoms with van der Waals surface area (Å²) in [5.74, 6) is 0.706. The van der Waals surface area contributed by atoms with E-state index in [1.54, 1.807) is 31.4 Å². The van der Waals surface area contributed by atoms with E-state index in [0.29, 0.717) is 10.4 Å². The van der Waals surface area contributed by atoms with Crippen LogP contribution in [0.4, 0.5) is 0 Å². The van der Waals surface area contributed by atoms with Crippen LogP contribution in [0, 0.1) is 0 Å². The summed E-state index contributed by atoms with van der Waals surface area (Å²) in [5, 5.41) is 2.96. The molecule has 0 saturated carbocycles. The first kappa shape index (κ1) is 14.0. The van der Waals surface area contributed by atoms with E-state index < -0.39 is 0 Å². The van der Waals surface area contributed by atoms with E-state index in [4.69, 9.17) is 4.74 Å². The van der Waals surface area contributed by atoms with Crippen LogP contribution in [0.15, 0.2) is 24.3 Å². The van der Waals surface area contributed by atoms with E-state index in [0.717, 1.165) is 12.2 Å². The fourth-order valence-corrected chi connectivity index (χ4v) is 2.16. The number of benzene rings is 1. The van der Waals surface area contributed by atoms with Crippen molar-refractivity contribution in [2.45, 2.75) is 31.1 Å². The molecule has 17 heavy (non-hydrogen) atoms. The van der Waals surface area contributed by atoms with Crippen molar-refractivity contribution in [3.63, 3.8) is 0 Å². The average molecular weight is 300 g/mol. The lowest BCUT2D eigenvalue weighted by atomic mass is 10.1. The summed E-state index contributed by atoms with van der Waals surface area (Å²) >= 11 is 3.47. The van der Waals surface area contributed by atoms with Crippen molar-refractivity contribution in [1.82, 2.24) is 5.32 Å². The van der Waals surface area contributed by atoms with Gasteiger partial charge in [-0.25, -0.2) is 0 Å². The molecule has 1 amide bonds. The Morgan fingerprint density at radius 3 is 2.41 bits per heavy atom. The summed E-state index contributed by atoms with van der Waals surface area (Å²) in [6.45, 7) is 4.06. The zero-order chi connectivity index (χ0) is 12.8. The Balaban J connectivity index is 2.57. The molecule has 2 atom stereocenters. The molecule has 0 radical (unpaired) electrons. The molecule has 0 heterocycles. The Hall–Kier alpha value is -1.03. The van der Waals surface area contributed by atoms with Crippen LogP contribution in [0.1, 0.15) is 30.6 Å². The third kappa shape index (κ3) is 4.77. The van der Waals surface area contributed by atoms with Gasteiger partial charge < -0.3 is 10.1 Å². The van der Waals surface area contributed by atoms with Crippen LogP contribution < -0.4 is 10.1 Å². The summed E-state index contributed by atoms with van der Waals surface area (Å²) in [6, 6.07) is 7.25. The van der Waals surface area contributed by atoms with Gasteiger partial charge in [-0.1, -0.05) is 22.9 Å². The molecular weight excluding hydrogens is 282 g/mol. The molecule has 0 bridgehead atoms. The number of methoxy groups -OCH3 is 1. The number of carbonyl (C=O) groups excluding carboxylic acids is 1. The molecule has 94 valence electrons. The van der Waals surface area contributed by atoms with Gasteiger partial charge in [0.15, 0.2) is 0 Å². The lowest BCUT2D eigenvalue weighted by Crippen LogP contribution is -2.33. The molecular formula is C13H18BrNO2. The van der Waals surface area contributed by atoms with Crippen LogP contribution >= 0.6 is 15.9 Å². The number of amides is 1. The first-order valence-electron chi connectivity index (χ1n) is 5.62. The third-order valence-corrected chi connectivity index (χ3v) is 2.78. The second kappa shape index (κ2) is 6.64. The Morgan fingerprint density at radius 2 is 1.94 bits per heavy atom. The molecule has 0 spiro atoms. The highest BCUT2D eigenvalue weighted by molar-refractivity contribution is 9.09. The van der Waals surface area contributed by atoms with Crippen LogP contribution in [0.25, 0.3) is 0 Å². The molecule has 4 heteroatoms. The average Bonchev–Trinajstić information content (AvgIpc) is 2.28. The number of halogens is 1. The van der Waals surface area contributed by atoms with Gasteiger partial charge >= 0.3 is 0 Å². The Kier molecular flexibility index (Phi) is 5.48. The van der Waals surface area contributed by atoms with Crippen molar-refractivity contribution in [3.05, 3.63) is 29.8 Å². The predicted molar refractivity (Wildman–Crippen MR) is 72.9 cm³/mol. The van der Waals surface area contributed by atoms with Crippen molar-refractivity contribution in [3.8, 4) is 5.75 Å². The van der Waals surface area contributed by atoms with Crippen LogP contribution in [-0.4, -0.2) is 23.9 Å². The number of ether oxygens (including phenoxy) is 1. The minimum atomic E-state index is -0.0479. The molecule has 0 aliphatic carbocycles. The maximum absolute atomic E-state index is 11.9. The maximum atomic E-state index is 11.9. The minimum absolute atomic E-state index is 0.0479. The molecule has 1 N–H and O–H groups in total. The zero-order valence-electron chi connectivity index (χ0n) is 10.4. The molecule has 0 aliphatic rings. The van der Waals surface area contributed by atoms with Gasteiger partial charge in [0, 0.05) is 16.4 Å².